The van der Waals surface area contributed by atoms with Crippen molar-refractivity contribution >= 4 is 12.0 Å². The molecule has 0 bridgehead atoms. The highest BCUT2D eigenvalue weighted by molar-refractivity contribution is 5.82. The van der Waals surface area contributed by atoms with Gasteiger partial charge in [0, 0.05) is 25.4 Å². The van der Waals surface area contributed by atoms with Gasteiger partial charge in [0.2, 0.25) is 0 Å². The molecule has 0 fully saturated rings. The minimum Gasteiger partial charge on any atom is -0.480 e. The summed E-state index contributed by atoms with van der Waals surface area (Å²) in [6.45, 7) is 2.09. The number of imidazole rings is 1. The number of carbonyl (C=O) groups is 2. The van der Waals surface area contributed by atoms with Crippen molar-refractivity contribution < 1.29 is 14.7 Å². The van der Waals surface area contributed by atoms with Gasteiger partial charge in [-0.25, -0.2) is 14.6 Å². The second kappa shape index (κ2) is 6.51. The molecule has 0 aliphatic carbocycles. The number of aromatic nitrogens is 2. The molecule has 1 heterocycles. The Morgan fingerprint density at radius 3 is 2.88 bits per heavy atom. The van der Waals surface area contributed by atoms with E-state index in [0.717, 1.165) is 5.82 Å². The van der Waals surface area contributed by atoms with Crippen molar-refractivity contribution in [3.8, 4) is 0 Å². The summed E-state index contributed by atoms with van der Waals surface area (Å²) in [5.41, 5.74) is 0. The van der Waals surface area contributed by atoms with E-state index in [2.05, 4.69) is 20.6 Å². The maximum Gasteiger partial charge on any atom is 0.326 e. The van der Waals surface area contributed by atoms with E-state index in [1.54, 1.807) is 19.3 Å². The van der Waals surface area contributed by atoms with Gasteiger partial charge in [-0.3, -0.25) is 0 Å². The van der Waals surface area contributed by atoms with E-state index in [9.17, 15) is 9.59 Å². The predicted molar refractivity (Wildman–Crippen MR) is 60.5 cm³/mol. The minimum absolute atomic E-state index is 0.348. The van der Waals surface area contributed by atoms with Gasteiger partial charge in [0.15, 0.2) is 0 Å². The van der Waals surface area contributed by atoms with Crippen molar-refractivity contribution in [1.82, 2.24) is 20.6 Å². The van der Waals surface area contributed by atoms with Gasteiger partial charge in [-0.2, -0.15) is 0 Å². The third-order valence-corrected chi connectivity index (χ3v) is 2.21. The molecule has 1 aromatic rings. The molecule has 0 spiro atoms. The highest BCUT2D eigenvalue weighted by Gasteiger charge is 2.16. The lowest BCUT2D eigenvalue weighted by Crippen LogP contribution is -2.46. The van der Waals surface area contributed by atoms with E-state index < -0.39 is 18.0 Å². The average Bonchev–Trinajstić information content (AvgIpc) is 2.78. The number of hydrogen-bond acceptors (Lipinski definition) is 3. The Kier molecular flexibility index (Phi) is 4.99. The summed E-state index contributed by atoms with van der Waals surface area (Å²) >= 11 is 0. The van der Waals surface area contributed by atoms with Gasteiger partial charge in [-0.05, 0) is 6.42 Å². The lowest BCUT2D eigenvalue weighted by molar-refractivity contribution is -0.139. The van der Waals surface area contributed by atoms with Gasteiger partial charge in [-0.1, -0.05) is 6.92 Å². The minimum atomic E-state index is -1.03. The van der Waals surface area contributed by atoms with Crippen LogP contribution in [-0.2, 0) is 11.2 Å². The Morgan fingerprint density at radius 1 is 1.59 bits per heavy atom. The van der Waals surface area contributed by atoms with Crippen LogP contribution < -0.4 is 10.6 Å². The summed E-state index contributed by atoms with van der Waals surface area (Å²) in [5.74, 6) is -0.260. The zero-order valence-corrected chi connectivity index (χ0v) is 9.56. The van der Waals surface area contributed by atoms with Gasteiger partial charge in [0.25, 0.3) is 0 Å². The van der Waals surface area contributed by atoms with E-state index in [1.807, 2.05) is 0 Å². The fraction of sp³-hybridized carbons (Fsp3) is 0.500. The van der Waals surface area contributed by atoms with E-state index in [1.165, 1.54) is 0 Å². The van der Waals surface area contributed by atoms with Crippen LogP contribution in [0.25, 0.3) is 0 Å². The molecule has 94 valence electrons. The number of urea groups is 1. The van der Waals surface area contributed by atoms with E-state index in [4.69, 9.17) is 5.11 Å². The normalized spacial score (nSPS) is 11.8. The zero-order valence-electron chi connectivity index (χ0n) is 9.56. The number of H-pyrrole nitrogens is 1. The Morgan fingerprint density at radius 2 is 2.35 bits per heavy atom. The molecule has 0 saturated heterocycles. The van der Waals surface area contributed by atoms with Crippen molar-refractivity contribution in [3.05, 3.63) is 18.2 Å². The molecule has 1 unspecified atom stereocenters. The number of aliphatic carboxylic acids is 1. The molecule has 4 N–H and O–H groups in total. The quantitative estimate of drug-likeness (QED) is 0.566. The van der Waals surface area contributed by atoms with Crippen LogP contribution >= 0.6 is 0 Å². The molecule has 7 heteroatoms. The molecular weight excluding hydrogens is 224 g/mol. The summed E-state index contributed by atoms with van der Waals surface area (Å²) in [7, 11) is 0. The first-order valence-corrected chi connectivity index (χ1v) is 5.39. The van der Waals surface area contributed by atoms with Crippen LogP contribution in [0.3, 0.4) is 0 Å². The molecule has 0 aromatic carbocycles. The number of nitrogens with one attached hydrogen (secondary N) is 3. The van der Waals surface area contributed by atoms with Crippen LogP contribution in [0.5, 0.6) is 0 Å². The molecule has 0 aliphatic heterocycles. The lowest BCUT2D eigenvalue weighted by Gasteiger charge is -2.12. The number of rotatable bonds is 6. The van der Waals surface area contributed by atoms with E-state index in [-0.39, 0.29) is 0 Å². The summed E-state index contributed by atoms with van der Waals surface area (Å²) in [6.07, 6.45) is 4.26. The second-order valence-electron chi connectivity index (χ2n) is 3.49. The molecule has 0 radical (unpaired) electrons. The summed E-state index contributed by atoms with van der Waals surface area (Å²) in [5, 5.41) is 13.7. The second-order valence-corrected chi connectivity index (χ2v) is 3.49. The van der Waals surface area contributed by atoms with Crippen LogP contribution in [0, 0.1) is 0 Å². The molecular formula is C10H16N4O3. The molecule has 7 nitrogen and oxygen atoms in total. The number of nitrogens with zero attached hydrogens (tertiary/aromatic N) is 1. The summed E-state index contributed by atoms with van der Waals surface area (Å²) < 4.78 is 0. The topological polar surface area (TPSA) is 107 Å². The summed E-state index contributed by atoms with van der Waals surface area (Å²) in [6, 6.07) is -1.33. The lowest BCUT2D eigenvalue weighted by atomic mass is 10.2. The first-order valence-electron chi connectivity index (χ1n) is 5.39. The number of carboxylic acid groups (broad SMARTS) is 1. The van der Waals surface area contributed by atoms with Crippen LogP contribution in [-0.4, -0.2) is 39.7 Å². The average molecular weight is 240 g/mol. The third kappa shape index (κ3) is 4.54. The maximum atomic E-state index is 11.3. The van der Waals surface area contributed by atoms with Crippen LogP contribution in [0.15, 0.2) is 12.4 Å². The Hall–Kier alpha value is -2.05. The molecule has 2 amide bonds. The molecule has 1 atom stereocenters. The number of hydrogen-bond donors (Lipinski definition) is 4. The van der Waals surface area contributed by atoms with Gasteiger partial charge in [-0.15, -0.1) is 0 Å². The first kappa shape index (κ1) is 13.0. The van der Waals surface area contributed by atoms with Gasteiger partial charge >= 0.3 is 12.0 Å². The van der Waals surface area contributed by atoms with Crippen LogP contribution in [0.2, 0.25) is 0 Å². The molecule has 0 saturated carbocycles. The van der Waals surface area contributed by atoms with Crippen molar-refractivity contribution in [2.45, 2.75) is 25.8 Å². The fourth-order valence-electron chi connectivity index (χ4n) is 1.28. The monoisotopic (exact) mass is 240 g/mol. The maximum absolute atomic E-state index is 11.3. The van der Waals surface area contributed by atoms with Crippen molar-refractivity contribution in [2.75, 3.05) is 6.54 Å². The SMILES string of the molecule is CCC(NC(=O)NCCc1ncc[nH]1)C(=O)O. The highest BCUT2D eigenvalue weighted by Crippen LogP contribution is 1.91. The zero-order chi connectivity index (χ0) is 12.7. The molecule has 0 aliphatic rings. The molecule has 1 aromatic heterocycles. The van der Waals surface area contributed by atoms with Gasteiger partial charge in [0.05, 0.1) is 0 Å². The number of amides is 2. The van der Waals surface area contributed by atoms with Crippen molar-refractivity contribution in [1.29, 1.82) is 0 Å². The van der Waals surface area contributed by atoms with Crippen molar-refractivity contribution in [2.24, 2.45) is 0 Å². The standard InChI is InChI=1S/C10H16N4O3/c1-2-7(9(15)16)14-10(17)13-4-3-8-11-5-6-12-8/h5-7H,2-4H2,1H3,(H,11,12)(H,15,16)(H2,13,14,17). The summed E-state index contributed by atoms with van der Waals surface area (Å²) in [4.78, 5) is 28.9. The Bertz CT molecular complexity index is 364. The third-order valence-electron chi connectivity index (χ3n) is 2.21. The van der Waals surface area contributed by atoms with E-state index >= 15 is 0 Å². The van der Waals surface area contributed by atoms with Gasteiger partial charge in [0.1, 0.15) is 11.9 Å². The van der Waals surface area contributed by atoms with E-state index in [0.29, 0.717) is 19.4 Å². The predicted octanol–water partition coefficient (Wildman–Crippen LogP) is 0.115. The Labute approximate surface area is 98.6 Å². The van der Waals surface area contributed by atoms with Crippen molar-refractivity contribution in [3.63, 3.8) is 0 Å². The fourth-order valence-corrected chi connectivity index (χ4v) is 1.28. The molecule has 1 rings (SSSR count). The van der Waals surface area contributed by atoms with Gasteiger partial charge < -0.3 is 20.7 Å². The Balaban J connectivity index is 2.23. The van der Waals surface area contributed by atoms with Crippen LogP contribution in [0.4, 0.5) is 4.79 Å². The highest BCUT2D eigenvalue weighted by atomic mass is 16.4. The smallest absolute Gasteiger partial charge is 0.326 e. The van der Waals surface area contributed by atoms with Crippen LogP contribution in [0.1, 0.15) is 19.2 Å². The number of aromatic amines is 1. The number of carboxylic acids is 1. The first-order chi connectivity index (χ1) is 8.13. The largest absolute Gasteiger partial charge is 0.480 e. The number of carbonyl (C=O) groups excluding carboxylic acids is 1. The molecule has 17 heavy (non-hydrogen) atoms.